The minimum atomic E-state index is -4.66. The molecule has 3 rings (SSSR count). The number of hydrogen-bond donors (Lipinski definition) is 1. The largest absolute Gasteiger partial charge is 0.455 e. The Morgan fingerprint density at radius 2 is 1.86 bits per heavy atom. The van der Waals surface area contributed by atoms with Crippen LogP contribution >= 0.6 is 11.6 Å². The maximum atomic E-state index is 13.2. The smallest absolute Gasteiger partial charge is 0.417 e. The van der Waals surface area contributed by atoms with Gasteiger partial charge in [-0.3, -0.25) is 4.79 Å². The molecule has 1 aromatic heterocycles. The fourth-order valence-electron chi connectivity index (χ4n) is 2.37. The molecule has 144 valence electrons. The van der Waals surface area contributed by atoms with Gasteiger partial charge in [-0.2, -0.15) is 18.3 Å². The lowest BCUT2D eigenvalue weighted by molar-refractivity contribution is -0.137. The monoisotopic (exact) mass is 410 g/mol. The molecule has 0 radical (unpaired) electrons. The average Bonchev–Trinajstić information content (AvgIpc) is 3.12. The molecular formula is C19H11ClF4N2O2. The molecule has 0 aliphatic rings. The number of carbonyl (C=O) groups is 1. The predicted molar refractivity (Wildman–Crippen MR) is 95.6 cm³/mol. The summed E-state index contributed by atoms with van der Waals surface area (Å²) in [5, 5.41) is 3.54. The summed E-state index contributed by atoms with van der Waals surface area (Å²) in [6.07, 6.45) is -3.53. The summed E-state index contributed by atoms with van der Waals surface area (Å²) in [7, 11) is 0. The minimum absolute atomic E-state index is 0.0697. The van der Waals surface area contributed by atoms with Crippen molar-refractivity contribution in [3.05, 3.63) is 82.3 Å². The Labute approximate surface area is 161 Å². The van der Waals surface area contributed by atoms with Gasteiger partial charge in [0.05, 0.1) is 22.4 Å². The highest BCUT2D eigenvalue weighted by molar-refractivity contribution is 6.31. The molecule has 0 bridgehead atoms. The summed E-state index contributed by atoms with van der Waals surface area (Å²) in [5.74, 6) is -0.987. The number of furan rings is 1. The van der Waals surface area contributed by atoms with Gasteiger partial charge in [0.15, 0.2) is 0 Å². The molecule has 28 heavy (non-hydrogen) atoms. The molecule has 0 spiro atoms. The Balaban J connectivity index is 1.71. The van der Waals surface area contributed by atoms with Crippen molar-refractivity contribution in [3.63, 3.8) is 0 Å². The van der Waals surface area contributed by atoms with Crippen LogP contribution in [0.1, 0.15) is 21.7 Å². The van der Waals surface area contributed by atoms with Gasteiger partial charge >= 0.3 is 6.18 Å². The molecule has 1 N–H and O–H groups in total. The van der Waals surface area contributed by atoms with E-state index in [1.807, 2.05) is 5.43 Å². The van der Waals surface area contributed by atoms with Crippen LogP contribution in [0.3, 0.4) is 0 Å². The molecule has 2 aromatic carbocycles. The van der Waals surface area contributed by atoms with Gasteiger partial charge in [-0.1, -0.05) is 23.7 Å². The lowest BCUT2D eigenvalue weighted by atomic mass is 10.1. The second-order valence-electron chi connectivity index (χ2n) is 5.57. The van der Waals surface area contributed by atoms with Gasteiger partial charge in [0.25, 0.3) is 5.91 Å². The van der Waals surface area contributed by atoms with Gasteiger partial charge in [0.1, 0.15) is 17.3 Å². The number of carbonyl (C=O) groups excluding carboxylic acids is 1. The third-order valence-electron chi connectivity index (χ3n) is 3.67. The van der Waals surface area contributed by atoms with Crippen LogP contribution in [-0.2, 0) is 6.18 Å². The Morgan fingerprint density at radius 1 is 1.11 bits per heavy atom. The normalized spacial score (nSPS) is 11.8. The SMILES string of the molecule is O=C(N/N=C/c1ccc(-c2ccc(F)c(Cl)c2)o1)c1ccccc1C(F)(F)F. The van der Waals surface area contributed by atoms with E-state index in [9.17, 15) is 22.4 Å². The summed E-state index contributed by atoms with van der Waals surface area (Å²) in [5.41, 5.74) is 0.941. The first kappa shape index (κ1) is 19.6. The zero-order chi connectivity index (χ0) is 20.3. The number of nitrogens with zero attached hydrogens (tertiary/aromatic N) is 1. The first-order valence-corrected chi connectivity index (χ1v) is 8.18. The molecular weight excluding hydrogens is 400 g/mol. The van der Waals surface area contributed by atoms with Crippen LogP contribution < -0.4 is 5.43 Å². The lowest BCUT2D eigenvalue weighted by Gasteiger charge is -2.10. The highest BCUT2D eigenvalue weighted by Crippen LogP contribution is 2.31. The molecule has 0 unspecified atom stereocenters. The number of amides is 1. The van der Waals surface area contributed by atoms with E-state index in [4.69, 9.17) is 16.0 Å². The molecule has 1 heterocycles. The van der Waals surface area contributed by atoms with Crippen molar-refractivity contribution in [3.8, 4) is 11.3 Å². The van der Waals surface area contributed by atoms with Gasteiger partial charge in [-0.15, -0.1) is 0 Å². The molecule has 0 aliphatic carbocycles. The quantitative estimate of drug-likeness (QED) is 0.350. The fraction of sp³-hybridized carbons (Fsp3) is 0.0526. The molecule has 0 atom stereocenters. The van der Waals surface area contributed by atoms with Gasteiger partial charge in [0, 0.05) is 5.56 Å². The maximum absolute atomic E-state index is 13.2. The van der Waals surface area contributed by atoms with Crippen molar-refractivity contribution in [1.82, 2.24) is 5.43 Å². The number of alkyl halides is 3. The van der Waals surface area contributed by atoms with Gasteiger partial charge in [-0.05, 0) is 42.5 Å². The molecule has 0 saturated heterocycles. The van der Waals surface area contributed by atoms with E-state index in [1.165, 1.54) is 36.4 Å². The molecule has 0 aliphatic heterocycles. The van der Waals surface area contributed by atoms with Crippen molar-refractivity contribution in [2.24, 2.45) is 5.10 Å². The van der Waals surface area contributed by atoms with Crippen LogP contribution in [0.15, 0.2) is 64.1 Å². The van der Waals surface area contributed by atoms with Crippen molar-refractivity contribution in [2.75, 3.05) is 0 Å². The van der Waals surface area contributed by atoms with Crippen molar-refractivity contribution >= 4 is 23.7 Å². The second kappa shape index (κ2) is 7.85. The highest BCUT2D eigenvalue weighted by atomic mass is 35.5. The van der Waals surface area contributed by atoms with E-state index >= 15 is 0 Å². The number of hydrogen-bond acceptors (Lipinski definition) is 3. The Morgan fingerprint density at radius 3 is 2.57 bits per heavy atom. The van der Waals surface area contributed by atoms with Crippen LogP contribution in [0, 0.1) is 5.82 Å². The zero-order valence-electron chi connectivity index (χ0n) is 13.9. The fourth-order valence-corrected chi connectivity index (χ4v) is 2.55. The summed E-state index contributed by atoms with van der Waals surface area (Å²) in [6.45, 7) is 0. The van der Waals surface area contributed by atoms with Crippen LogP contribution in [0.25, 0.3) is 11.3 Å². The average molecular weight is 411 g/mol. The number of nitrogens with one attached hydrogen (secondary N) is 1. The van der Waals surface area contributed by atoms with E-state index < -0.39 is 29.0 Å². The molecule has 0 fully saturated rings. The molecule has 3 aromatic rings. The Bertz CT molecular complexity index is 1040. The van der Waals surface area contributed by atoms with E-state index in [0.717, 1.165) is 18.3 Å². The molecule has 0 saturated carbocycles. The highest BCUT2D eigenvalue weighted by Gasteiger charge is 2.34. The van der Waals surface area contributed by atoms with Gasteiger partial charge in [-0.25, -0.2) is 9.82 Å². The van der Waals surface area contributed by atoms with Crippen LogP contribution in [0.5, 0.6) is 0 Å². The number of halogens is 5. The number of rotatable bonds is 4. The zero-order valence-corrected chi connectivity index (χ0v) is 14.7. The summed E-state index contributed by atoms with van der Waals surface area (Å²) in [6, 6.07) is 11.5. The third kappa shape index (κ3) is 4.40. The standard InChI is InChI=1S/C19H11ClF4N2O2/c20-15-9-11(5-7-16(15)21)17-8-6-12(28-17)10-25-26-18(27)13-3-1-2-4-14(13)19(22,23)24/h1-10H,(H,26,27)/b25-10+. The Kier molecular flexibility index (Phi) is 5.51. The van der Waals surface area contributed by atoms with Crippen LogP contribution in [-0.4, -0.2) is 12.1 Å². The summed E-state index contributed by atoms with van der Waals surface area (Å²) in [4.78, 5) is 12.0. The number of hydrazone groups is 1. The van der Waals surface area contributed by atoms with E-state index in [-0.39, 0.29) is 10.8 Å². The van der Waals surface area contributed by atoms with Crippen molar-refractivity contribution < 1.29 is 26.8 Å². The van der Waals surface area contributed by atoms with E-state index in [0.29, 0.717) is 11.3 Å². The third-order valence-corrected chi connectivity index (χ3v) is 3.96. The summed E-state index contributed by atoms with van der Waals surface area (Å²) >= 11 is 5.72. The molecule has 1 amide bonds. The molecule has 4 nitrogen and oxygen atoms in total. The van der Waals surface area contributed by atoms with Gasteiger partial charge in [0.2, 0.25) is 0 Å². The minimum Gasteiger partial charge on any atom is -0.455 e. The van der Waals surface area contributed by atoms with Gasteiger partial charge < -0.3 is 4.42 Å². The first-order chi connectivity index (χ1) is 13.3. The van der Waals surface area contributed by atoms with E-state index in [2.05, 4.69) is 5.10 Å². The van der Waals surface area contributed by atoms with Crippen molar-refractivity contribution in [2.45, 2.75) is 6.18 Å². The number of benzene rings is 2. The topological polar surface area (TPSA) is 54.6 Å². The van der Waals surface area contributed by atoms with E-state index in [1.54, 1.807) is 6.07 Å². The molecule has 9 heteroatoms. The Hall–Kier alpha value is -3.13. The maximum Gasteiger partial charge on any atom is 0.417 e. The summed E-state index contributed by atoms with van der Waals surface area (Å²) < 4.78 is 57.5. The van der Waals surface area contributed by atoms with Crippen LogP contribution in [0.4, 0.5) is 17.6 Å². The predicted octanol–water partition coefficient (Wildman–Crippen LogP) is 5.52. The second-order valence-corrected chi connectivity index (χ2v) is 5.98. The first-order valence-electron chi connectivity index (χ1n) is 7.80. The van der Waals surface area contributed by atoms with Crippen LogP contribution in [0.2, 0.25) is 5.02 Å². The lowest BCUT2D eigenvalue weighted by Crippen LogP contribution is -2.22. The van der Waals surface area contributed by atoms with Crippen molar-refractivity contribution in [1.29, 1.82) is 0 Å².